The minimum atomic E-state index is -0.164. The Kier molecular flexibility index (Phi) is 2.88. The molecule has 1 aliphatic carbocycles. The highest BCUT2D eigenvalue weighted by Gasteiger charge is 2.43. The fraction of sp³-hybridized carbons (Fsp3) is 0.222. The molecule has 0 amide bonds. The standard InChI is InChI=1S/C18H15N4O/c1-18(8-9-18)17-20-16-15(23-2)7-6-14(22(16)21-17)13-5-3-4-12(10-13)11-19/h3-7,10H,1,8-9H2,2H3. The van der Waals surface area contributed by atoms with E-state index in [2.05, 4.69) is 23.1 Å². The first kappa shape index (κ1) is 13.8. The van der Waals surface area contributed by atoms with Crippen LogP contribution >= 0.6 is 0 Å². The van der Waals surface area contributed by atoms with Gasteiger partial charge in [0.1, 0.15) is 0 Å². The van der Waals surface area contributed by atoms with Gasteiger partial charge in [-0.2, -0.15) is 5.26 Å². The first-order chi connectivity index (χ1) is 11.1. The molecule has 113 valence electrons. The van der Waals surface area contributed by atoms with E-state index in [1.54, 1.807) is 17.7 Å². The molecule has 2 heterocycles. The van der Waals surface area contributed by atoms with Gasteiger partial charge in [0.05, 0.1) is 24.4 Å². The lowest BCUT2D eigenvalue weighted by molar-refractivity contribution is 0.416. The van der Waals surface area contributed by atoms with Gasteiger partial charge >= 0.3 is 0 Å². The molecule has 0 unspecified atom stereocenters. The van der Waals surface area contributed by atoms with E-state index < -0.39 is 0 Å². The van der Waals surface area contributed by atoms with Gasteiger partial charge in [0.25, 0.3) is 0 Å². The van der Waals surface area contributed by atoms with Crippen LogP contribution in [0.2, 0.25) is 0 Å². The molecule has 0 bridgehead atoms. The molecule has 1 saturated carbocycles. The topological polar surface area (TPSA) is 63.2 Å². The lowest BCUT2D eigenvalue weighted by Gasteiger charge is -2.07. The monoisotopic (exact) mass is 303 g/mol. The fourth-order valence-electron chi connectivity index (χ4n) is 2.66. The molecule has 0 atom stereocenters. The average molecular weight is 303 g/mol. The lowest BCUT2D eigenvalue weighted by Crippen LogP contribution is -2.03. The van der Waals surface area contributed by atoms with Crippen LogP contribution < -0.4 is 4.74 Å². The fourth-order valence-corrected chi connectivity index (χ4v) is 2.66. The first-order valence-corrected chi connectivity index (χ1v) is 7.45. The molecule has 1 fully saturated rings. The number of hydrogen-bond donors (Lipinski definition) is 0. The van der Waals surface area contributed by atoms with Crippen LogP contribution in [0.15, 0.2) is 36.4 Å². The van der Waals surface area contributed by atoms with Crippen molar-refractivity contribution in [2.75, 3.05) is 7.11 Å². The van der Waals surface area contributed by atoms with E-state index in [0.29, 0.717) is 17.0 Å². The van der Waals surface area contributed by atoms with Crippen LogP contribution in [0, 0.1) is 18.3 Å². The van der Waals surface area contributed by atoms with Gasteiger partial charge in [-0.25, -0.2) is 9.50 Å². The maximum atomic E-state index is 9.11. The summed E-state index contributed by atoms with van der Waals surface area (Å²) in [7, 11) is 1.62. The number of benzene rings is 1. The molecule has 0 saturated heterocycles. The number of fused-ring (bicyclic) bond motifs is 1. The summed E-state index contributed by atoms with van der Waals surface area (Å²) in [6.45, 7) is 4.21. The summed E-state index contributed by atoms with van der Waals surface area (Å²) in [6, 6.07) is 13.4. The molecule has 0 N–H and O–H groups in total. The molecule has 1 radical (unpaired) electrons. The van der Waals surface area contributed by atoms with Crippen molar-refractivity contribution >= 4 is 5.65 Å². The summed E-state index contributed by atoms with van der Waals surface area (Å²) in [4.78, 5) is 4.65. The predicted molar refractivity (Wildman–Crippen MR) is 86.0 cm³/mol. The second-order valence-corrected chi connectivity index (χ2v) is 5.93. The van der Waals surface area contributed by atoms with Gasteiger partial charge in [0.15, 0.2) is 17.2 Å². The third kappa shape index (κ3) is 2.15. The van der Waals surface area contributed by atoms with Crippen molar-refractivity contribution in [2.45, 2.75) is 18.3 Å². The third-order valence-electron chi connectivity index (χ3n) is 4.28. The molecule has 2 aromatic heterocycles. The Morgan fingerprint density at radius 1 is 1.30 bits per heavy atom. The Labute approximate surface area is 134 Å². The van der Waals surface area contributed by atoms with Crippen LogP contribution in [0.4, 0.5) is 0 Å². The number of aromatic nitrogens is 3. The van der Waals surface area contributed by atoms with Crippen molar-refractivity contribution in [2.24, 2.45) is 0 Å². The van der Waals surface area contributed by atoms with Crippen LogP contribution in [0.25, 0.3) is 16.9 Å². The lowest BCUT2D eigenvalue weighted by atomic mass is 10.1. The van der Waals surface area contributed by atoms with Gasteiger partial charge in [0, 0.05) is 11.0 Å². The van der Waals surface area contributed by atoms with E-state index in [0.717, 1.165) is 29.9 Å². The minimum absolute atomic E-state index is 0.164. The van der Waals surface area contributed by atoms with E-state index in [1.807, 2.05) is 30.3 Å². The summed E-state index contributed by atoms with van der Waals surface area (Å²) in [6.07, 6.45) is 2.01. The van der Waals surface area contributed by atoms with Crippen LogP contribution in [-0.2, 0) is 5.41 Å². The molecule has 1 aliphatic rings. The highest BCUT2D eigenvalue weighted by atomic mass is 16.5. The Balaban J connectivity index is 1.96. The number of hydrogen-bond acceptors (Lipinski definition) is 4. The van der Waals surface area contributed by atoms with Gasteiger partial charge in [0.2, 0.25) is 0 Å². The summed E-state index contributed by atoms with van der Waals surface area (Å²) in [5.74, 6) is 1.42. The van der Waals surface area contributed by atoms with Crippen molar-refractivity contribution in [3.05, 3.63) is 54.7 Å². The third-order valence-corrected chi connectivity index (χ3v) is 4.28. The first-order valence-electron chi connectivity index (χ1n) is 7.45. The Morgan fingerprint density at radius 2 is 2.13 bits per heavy atom. The smallest absolute Gasteiger partial charge is 0.198 e. The molecule has 5 nitrogen and oxygen atoms in total. The zero-order valence-electron chi connectivity index (χ0n) is 12.8. The molecule has 4 rings (SSSR count). The number of nitriles is 1. The molecular formula is C18H15N4O. The van der Waals surface area contributed by atoms with Gasteiger partial charge in [-0.3, -0.25) is 0 Å². The van der Waals surface area contributed by atoms with Crippen molar-refractivity contribution in [3.8, 4) is 23.1 Å². The summed E-state index contributed by atoms with van der Waals surface area (Å²) < 4.78 is 7.20. The summed E-state index contributed by atoms with van der Waals surface area (Å²) >= 11 is 0. The highest BCUT2D eigenvalue weighted by Crippen LogP contribution is 2.46. The van der Waals surface area contributed by atoms with E-state index in [9.17, 15) is 0 Å². The number of rotatable bonds is 3. The number of pyridine rings is 1. The van der Waals surface area contributed by atoms with E-state index in [-0.39, 0.29) is 5.41 Å². The molecule has 1 aromatic carbocycles. The van der Waals surface area contributed by atoms with Crippen molar-refractivity contribution in [3.63, 3.8) is 0 Å². The average Bonchev–Trinajstić information content (AvgIpc) is 3.17. The van der Waals surface area contributed by atoms with Crippen LogP contribution in [0.3, 0.4) is 0 Å². The number of nitrogens with zero attached hydrogens (tertiary/aromatic N) is 4. The SMILES string of the molecule is [CH2]C1(c2nc3c(OC)ccc(-c4cccc(C#N)c4)n3n2)CC1. The summed E-state index contributed by atoms with van der Waals surface area (Å²) in [5.41, 5.74) is 2.92. The second kappa shape index (κ2) is 4.82. The molecule has 0 spiro atoms. The highest BCUT2D eigenvalue weighted by molar-refractivity contribution is 5.68. The summed E-state index contributed by atoms with van der Waals surface area (Å²) in [5, 5.41) is 13.8. The number of methoxy groups -OCH3 is 1. The van der Waals surface area contributed by atoms with Crippen molar-refractivity contribution in [1.82, 2.24) is 14.6 Å². The molecule has 3 aromatic rings. The maximum absolute atomic E-state index is 9.11. The Hall–Kier alpha value is -2.87. The van der Waals surface area contributed by atoms with E-state index in [4.69, 9.17) is 10.00 Å². The Bertz CT molecular complexity index is 947. The van der Waals surface area contributed by atoms with Gasteiger partial charge in [-0.15, -0.1) is 5.10 Å². The largest absolute Gasteiger partial charge is 0.493 e. The van der Waals surface area contributed by atoms with Crippen LogP contribution in [0.5, 0.6) is 5.75 Å². The molecule has 0 aliphatic heterocycles. The molecule has 5 heteroatoms. The van der Waals surface area contributed by atoms with Crippen molar-refractivity contribution < 1.29 is 4.74 Å². The normalized spacial score (nSPS) is 15.3. The van der Waals surface area contributed by atoms with Gasteiger partial charge in [-0.05, 0) is 44.0 Å². The maximum Gasteiger partial charge on any atom is 0.198 e. The van der Waals surface area contributed by atoms with E-state index in [1.165, 1.54) is 0 Å². The quantitative estimate of drug-likeness (QED) is 0.745. The van der Waals surface area contributed by atoms with Gasteiger partial charge in [-0.1, -0.05) is 12.1 Å². The zero-order chi connectivity index (χ0) is 16.0. The zero-order valence-corrected chi connectivity index (χ0v) is 12.8. The van der Waals surface area contributed by atoms with Crippen LogP contribution in [0.1, 0.15) is 24.2 Å². The predicted octanol–water partition coefficient (Wildman–Crippen LogP) is 3.14. The second-order valence-electron chi connectivity index (χ2n) is 5.93. The Morgan fingerprint density at radius 3 is 2.83 bits per heavy atom. The molecular weight excluding hydrogens is 288 g/mol. The van der Waals surface area contributed by atoms with E-state index >= 15 is 0 Å². The molecule has 23 heavy (non-hydrogen) atoms. The van der Waals surface area contributed by atoms with Crippen LogP contribution in [-0.4, -0.2) is 21.7 Å². The number of ether oxygens (including phenoxy) is 1. The van der Waals surface area contributed by atoms with Crippen molar-refractivity contribution in [1.29, 1.82) is 5.26 Å². The van der Waals surface area contributed by atoms with Gasteiger partial charge < -0.3 is 4.74 Å². The minimum Gasteiger partial charge on any atom is -0.493 e.